The molecule has 0 saturated carbocycles. The van der Waals surface area contributed by atoms with E-state index in [9.17, 15) is 9.90 Å². The van der Waals surface area contributed by atoms with Crippen LogP contribution in [0.2, 0.25) is 0 Å². The summed E-state index contributed by atoms with van der Waals surface area (Å²) in [5.74, 6) is 0.0386. The van der Waals surface area contributed by atoms with E-state index < -0.39 is 12.0 Å². The number of para-hydroxylation sites is 1. The fraction of sp³-hybridized carbons (Fsp3) is 0.269. The molecule has 0 aromatic heterocycles. The zero-order valence-electron chi connectivity index (χ0n) is 17.2. The smallest absolute Gasteiger partial charge is 0.320 e. The van der Waals surface area contributed by atoms with Crippen LogP contribution in [0.15, 0.2) is 78.9 Å². The molecule has 2 atom stereocenters. The molecule has 1 aliphatic heterocycles. The zero-order valence-corrected chi connectivity index (χ0v) is 17.2. The number of benzene rings is 3. The van der Waals surface area contributed by atoms with Crippen molar-refractivity contribution in [1.29, 1.82) is 0 Å². The van der Waals surface area contributed by atoms with Gasteiger partial charge in [-0.2, -0.15) is 0 Å². The number of carboxylic acid groups (broad SMARTS) is 1. The van der Waals surface area contributed by atoms with Gasteiger partial charge in [0.15, 0.2) is 0 Å². The average molecular weight is 402 g/mol. The number of nitrogens with zero attached hydrogens (tertiary/aromatic N) is 1. The van der Waals surface area contributed by atoms with E-state index in [4.69, 9.17) is 4.74 Å². The molecule has 0 bridgehead atoms. The summed E-state index contributed by atoms with van der Waals surface area (Å²) in [6.07, 6.45) is 1.55. The van der Waals surface area contributed by atoms with Gasteiger partial charge in [0, 0.05) is 12.1 Å². The fourth-order valence-electron chi connectivity index (χ4n) is 4.33. The Labute approximate surface area is 177 Å². The average Bonchev–Trinajstić information content (AvgIpc) is 3.24. The van der Waals surface area contributed by atoms with Gasteiger partial charge in [-0.15, -0.1) is 0 Å². The molecule has 1 fully saturated rings. The highest BCUT2D eigenvalue weighted by atomic mass is 16.5. The van der Waals surface area contributed by atoms with Crippen LogP contribution in [0.3, 0.4) is 0 Å². The highest BCUT2D eigenvalue weighted by Crippen LogP contribution is 2.39. The fourth-order valence-corrected chi connectivity index (χ4v) is 4.33. The number of aryl methyl sites for hydroxylation is 1. The molecule has 2 unspecified atom stereocenters. The van der Waals surface area contributed by atoms with Crippen LogP contribution < -0.4 is 4.74 Å². The number of rotatable bonds is 7. The zero-order chi connectivity index (χ0) is 20.9. The Hall–Kier alpha value is -3.11. The van der Waals surface area contributed by atoms with Crippen molar-refractivity contribution < 1.29 is 14.6 Å². The molecular formula is C26H27NO3. The number of hydrogen-bond acceptors (Lipinski definition) is 3. The standard InChI is InChI=1S/C26H27NO3/c1-19-9-7-12-21(17-19)25(27-16-8-14-23(27)26(28)29)22-13-5-6-15-24(22)30-18-20-10-3-2-4-11-20/h2-7,9-13,15,17,23,25H,8,14,16,18H2,1H3,(H,28,29). The molecule has 4 heteroatoms. The Bertz CT molecular complexity index is 1000. The van der Waals surface area contributed by atoms with Crippen molar-refractivity contribution in [2.75, 3.05) is 6.54 Å². The van der Waals surface area contributed by atoms with Gasteiger partial charge in [0.2, 0.25) is 0 Å². The van der Waals surface area contributed by atoms with Crippen LogP contribution >= 0.6 is 0 Å². The largest absolute Gasteiger partial charge is 0.489 e. The monoisotopic (exact) mass is 401 g/mol. The molecule has 0 aliphatic carbocycles. The third kappa shape index (κ3) is 4.39. The number of carbonyl (C=O) groups is 1. The molecule has 1 saturated heterocycles. The lowest BCUT2D eigenvalue weighted by Crippen LogP contribution is -2.39. The SMILES string of the molecule is Cc1cccc(C(c2ccccc2OCc2ccccc2)N2CCCC2C(=O)O)c1. The Balaban J connectivity index is 1.73. The second-order valence-electron chi connectivity index (χ2n) is 7.86. The number of carboxylic acids is 1. The first-order valence-corrected chi connectivity index (χ1v) is 10.4. The van der Waals surface area contributed by atoms with Gasteiger partial charge in [0.05, 0.1) is 6.04 Å². The van der Waals surface area contributed by atoms with Crippen LogP contribution in [0.1, 0.15) is 41.1 Å². The van der Waals surface area contributed by atoms with Crippen molar-refractivity contribution in [2.24, 2.45) is 0 Å². The van der Waals surface area contributed by atoms with Crippen molar-refractivity contribution in [3.8, 4) is 5.75 Å². The first kappa shape index (κ1) is 20.2. The van der Waals surface area contributed by atoms with Crippen LogP contribution in [0.5, 0.6) is 5.75 Å². The van der Waals surface area contributed by atoms with Crippen LogP contribution in [0.4, 0.5) is 0 Å². The van der Waals surface area contributed by atoms with Gasteiger partial charge in [-0.1, -0.05) is 78.4 Å². The van der Waals surface area contributed by atoms with Crippen LogP contribution in [-0.4, -0.2) is 28.6 Å². The van der Waals surface area contributed by atoms with E-state index in [0.717, 1.165) is 41.0 Å². The molecule has 1 N–H and O–H groups in total. The summed E-state index contributed by atoms with van der Waals surface area (Å²) >= 11 is 0. The number of likely N-dealkylation sites (tertiary alicyclic amines) is 1. The second kappa shape index (κ2) is 9.14. The Morgan fingerprint density at radius 2 is 1.83 bits per heavy atom. The van der Waals surface area contributed by atoms with E-state index in [1.807, 2.05) is 54.6 Å². The van der Waals surface area contributed by atoms with Crippen molar-refractivity contribution in [3.63, 3.8) is 0 Å². The molecule has 0 radical (unpaired) electrons. The van der Waals surface area contributed by atoms with E-state index in [0.29, 0.717) is 13.0 Å². The third-order valence-corrected chi connectivity index (χ3v) is 5.72. The summed E-state index contributed by atoms with van der Waals surface area (Å²) in [5.41, 5.74) is 4.36. The van der Waals surface area contributed by atoms with Gasteiger partial charge in [-0.25, -0.2) is 0 Å². The van der Waals surface area contributed by atoms with Crippen molar-refractivity contribution in [2.45, 2.75) is 38.5 Å². The van der Waals surface area contributed by atoms with Crippen LogP contribution in [0.25, 0.3) is 0 Å². The van der Waals surface area contributed by atoms with E-state index in [1.165, 1.54) is 0 Å². The molecule has 30 heavy (non-hydrogen) atoms. The Kier molecular flexibility index (Phi) is 6.15. The predicted octanol–water partition coefficient (Wildman–Crippen LogP) is 5.21. The van der Waals surface area contributed by atoms with Gasteiger partial charge >= 0.3 is 5.97 Å². The maximum absolute atomic E-state index is 12.0. The summed E-state index contributed by atoms with van der Waals surface area (Å²) in [4.78, 5) is 14.1. The minimum Gasteiger partial charge on any atom is -0.489 e. The first-order chi connectivity index (χ1) is 14.6. The lowest BCUT2D eigenvalue weighted by Gasteiger charge is -2.33. The first-order valence-electron chi connectivity index (χ1n) is 10.4. The minimum atomic E-state index is -0.757. The summed E-state index contributed by atoms with van der Waals surface area (Å²) < 4.78 is 6.24. The van der Waals surface area contributed by atoms with Crippen molar-refractivity contribution in [3.05, 3.63) is 101 Å². The summed E-state index contributed by atoms with van der Waals surface area (Å²) in [6, 6.07) is 25.8. The van der Waals surface area contributed by atoms with E-state index >= 15 is 0 Å². The van der Waals surface area contributed by atoms with Gasteiger partial charge < -0.3 is 9.84 Å². The maximum atomic E-state index is 12.0. The summed E-state index contributed by atoms with van der Waals surface area (Å²) in [7, 11) is 0. The molecule has 3 aromatic carbocycles. The Morgan fingerprint density at radius 1 is 1.07 bits per heavy atom. The van der Waals surface area contributed by atoms with Crippen LogP contribution in [0, 0.1) is 6.92 Å². The number of hydrogen-bond donors (Lipinski definition) is 1. The number of ether oxygens (including phenoxy) is 1. The number of aliphatic carboxylic acids is 1. The minimum absolute atomic E-state index is 0.166. The lowest BCUT2D eigenvalue weighted by atomic mass is 9.94. The second-order valence-corrected chi connectivity index (χ2v) is 7.86. The topological polar surface area (TPSA) is 49.8 Å². The molecular weight excluding hydrogens is 374 g/mol. The quantitative estimate of drug-likeness (QED) is 0.590. The molecule has 4 nitrogen and oxygen atoms in total. The Morgan fingerprint density at radius 3 is 2.60 bits per heavy atom. The molecule has 1 aliphatic rings. The van der Waals surface area contributed by atoms with E-state index in [2.05, 4.69) is 36.1 Å². The van der Waals surface area contributed by atoms with Gasteiger partial charge in [-0.3, -0.25) is 9.69 Å². The van der Waals surface area contributed by atoms with Crippen molar-refractivity contribution in [1.82, 2.24) is 4.90 Å². The normalized spacial score (nSPS) is 17.6. The van der Waals surface area contributed by atoms with Crippen molar-refractivity contribution >= 4 is 5.97 Å². The highest BCUT2D eigenvalue weighted by molar-refractivity contribution is 5.74. The maximum Gasteiger partial charge on any atom is 0.320 e. The molecule has 4 rings (SSSR count). The molecule has 0 spiro atoms. The predicted molar refractivity (Wildman–Crippen MR) is 118 cm³/mol. The lowest BCUT2D eigenvalue weighted by molar-refractivity contribution is -0.142. The highest BCUT2D eigenvalue weighted by Gasteiger charge is 2.37. The molecule has 1 heterocycles. The third-order valence-electron chi connectivity index (χ3n) is 5.72. The van der Waals surface area contributed by atoms with E-state index in [-0.39, 0.29) is 6.04 Å². The molecule has 3 aromatic rings. The molecule has 0 amide bonds. The van der Waals surface area contributed by atoms with Gasteiger partial charge in [0.1, 0.15) is 18.4 Å². The summed E-state index contributed by atoms with van der Waals surface area (Å²) in [6.45, 7) is 3.29. The van der Waals surface area contributed by atoms with E-state index in [1.54, 1.807) is 0 Å². The van der Waals surface area contributed by atoms with Gasteiger partial charge in [0.25, 0.3) is 0 Å². The summed E-state index contributed by atoms with van der Waals surface area (Å²) in [5, 5.41) is 9.83. The van der Waals surface area contributed by atoms with Crippen LogP contribution in [-0.2, 0) is 11.4 Å². The van der Waals surface area contributed by atoms with Gasteiger partial charge in [-0.05, 0) is 37.0 Å². The molecule has 154 valence electrons.